The van der Waals surface area contributed by atoms with Gasteiger partial charge in [-0.1, -0.05) is 19.0 Å². The molecule has 0 spiro atoms. The van der Waals surface area contributed by atoms with Gasteiger partial charge in [-0.2, -0.15) is 4.98 Å². The second-order valence-corrected chi connectivity index (χ2v) is 5.44. The van der Waals surface area contributed by atoms with Crippen molar-refractivity contribution in [2.24, 2.45) is 0 Å². The van der Waals surface area contributed by atoms with Crippen LogP contribution in [0.2, 0.25) is 0 Å². The van der Waals surface area contributed by atoms with Crippen molar-refractivity contribution in [1.29, 1.82) is 0 Å². The Bertz CT molecular complexity index is 646. The van der Waals surface area contributed by atoms with E-state index in [2.05, 4.69) is 20.8 Å². The quantitative estimate of drug-likeness (QED) is 0.706. The molecule has 0 aliphatic rings. The number of aromatic nitrogens is 2. The number of nitrogens with one attached hydrogen (secondary N) is 2. The highest BCUT2D eigenvalue weighted by Gasteiger charge is 2.08. The molecule has 25 heavy (non-hydrogen) atoms. The minimum atomic E-state index is -0.0999. The van der Waals surface area contributed by atoms with E-state index in [-0.39, 0.29) is 31.0 Å². The number of aryl methyl sites for hydroxylation is 1. The van der Waals surface area contributed by atoms with Crippen LogP contribution in [0.25, 0.3) is 0 Å². The molecule has 2 rings (SSSR count). The fourth-order valence-electron chi connectivity index (χ4n) is 2.11. The van der Waals surface area contributed by atoms with Crippen LogP contribution in [0, 0.1) is 0 Å². The Morgan fingerprint density at radius 1 is 1.28 bits per heavy atom. The zero-order valence-electron chi connectivity index (χ0n) is 14.7. The lowest BCUT2D eigenvalue weighted by atomic mass is 10.2. The van der Waals surface area contributed by atoms with Gasteiger partial charge in [-0.05, 0) is 37.7 Å². The molecule has 1 aromatic heterocycles. The molecule has 0 saturated carbocycles. The van der Waals surface area contributed by atoms with Crippen LogP contribution in [0.1, 0.15) is 42.8 Å². The second-order valence-electron chi connectivity index (χ2n) is 5.44. The summed E-state index contributed by atoms with van der Waals surface area (Å²) in [6.45, 7) is 7.71. The van der Waals surface area contributed by atoms with Gasteiger partial charge in [0.2, 0.25) is 11.7 Å². The summed E-state index contributed by atoms with van der Waals surface area (Å²) in [5, 5.41) is 9.96. The van der Waals surface area contributed by atoms with E-state index in [1.54, 1.807) is 24.3 Å². The highest BCUT2D eigenvalue weighted by Crippen LogP contribution is 2.13. The molecule has 2 N–H and O–H groups in total. The van der Waals surface area contributed by atoms with Crippen molar-refractivity contribution in [1.82, 2.24) is 20.8 Å². The van der Waals surface area contributed by atoms with E-state index in [4.69, 9.17) is 9.26 Å². The molecule has 1 aromatic carbocycles. The van der Waals surface area contributed by atoms with Gasteiger partial charge in [-0.3, -0.25) is 4.79 Å². The Labute approximate surface area is 153 Å². The van der Waals surface area contributed by atoms with Crippen molar-refractivity contribution in [3.8, 4) is 5.75 Å². The van der Waals surface area contributed by atoms with Gasteiger partial charge in [0.25, 0.3) is 5.91 Å². The number of ether oxygens (including phenoxy) is 1. The molecule has 8 heteroatoms. The Morgan fingerprint density at radius 2 is 2.00 bits per heavy atom. The molecule has 138 valence electrons. The van der Waals surface area contributed by atoms with Gasteiger partial charge in [0, 0.05) is 24.6 Å². The first kappa shape index (κ1) is 20.9. The van der Waals surface area contributed by atoms with Gasteiger partial charge in [-0.25, -0.2) is 0 Å². The predicted octanol–water partition coefficient (Wildman–Crippen LogP) is 2.36. The van der Waals surface area contributed by atoms with Gasteiger partial charge in [0.1, 0.15) is 5.75 Å². The number of benzene rings is 1. The topological polar surface area (TPSA) is 89.3 Å². The molecular formula is C17H25ClN4O3. The molecule has 0 unspecified atom stereocenters. The van der Waals surface area contributed by atoms with Gasteiger partial charge in [0.15, 0.2) is 6.61 Å². The summed E-state index contributed by atoms with van der Waals surface area (Å²) in [5.41, 5.74) is 0.596. The number of likely N-dealkylation sites (N-methyl/N-ethyl adjacent to an activating group) is 1. The third kappa shape index (κ3) is 6.72. The standard InChI is InChI=1S/C17H24N4O3.ClH/c1-4-16-20-15(21-24-16)11-23-14-8-6-13(7-9-14)17(22)19-10-12(3)18-5-2;/h6-9,12,18H,4-5,10-11H2,1-3H3,(H,19,22);1H/t12-;/m1./s1. The lowest BCUT2D eigenvalue weighted by Gasteiger charge is -2.13. The number of amides is 1. The normalized spacial score (nSPS) is 11.5. The minimum Gasteiger partial charge on any atom is -0.485 e. The molecule has 1 heterocycles. The molecule has 0 aliphatic carbocycles. The van der Waals surface area contributed by atoms with E-state index in [0.717, 1.165) is 6.54 Å². The third-order valence-electron chi connectivity index (χ3n) is 3.42. The summed E-state index contributed by atoms with van der Waals surface area (Å²) in [7, 11) is 0. The number of carbonyl (C=O) groups excluding carboxylic acids is 1. The lowest BCUT2D eigenvalue weighted by Crippen LogP contribution is -2.38. The maximum atomic E-state index is 12.1. The number of hydrogen-bond donors (Lipinski definition) is 2. The largest absolute Gasteiger partial charge is 0.485 e. The van der Waals surface area contributed by atoms with Gasteiger partial charge in [0.05, 0.1) is 0 Å². The van der Waals surface area contributed by atoms with Crippen molar-refractivity contribution in [3.05, 3.63) is 41.5 Å². The Morgan fingerprint density at radius 3 is 2.60 bits per heavy atom. The zero-order valence-corrected chi connectivity index (χ0v) is 15.6. The zero-order chi connectivity index (χ0) is 17.4. The van der Waals surface area contributed by atoms with Crippen LogP contribution in [-0.2, 0) is 13.0 Å². The number of halogens is 1. The van der Waals surface area contributed by atoms with E-state index in [9.17, 15) is 4.79 Å². The molecule has 0 aliphatic heterocycles. The maximum Gasteiger partial charge on any atom is 0.251 e. The molecule has 1 amide bonds. The Hall–Kier alpha value is -2.12. The first-order valence-electron chi connectivity index (χ1n) is 8.18. The average molecular weight is 369 g/mol. The fraction of sp³-hybridized carbons (Fsp3) is 0.471. The molecule has 0 radical (unpaired) electrons. The predicted molar refractivity (Wildman–Crippen MR) is 97.2 cm³/mol. The van der Waals surface area contributed by atoms with Gasteiger partial charge in [-0.15, -0.1) is 12.4 Å². The summed E-state index contributed by atoms with van der Waals surface area (Å²) in [6, 6.07) is 7.21. The first-order chi connectivity index (χ1) is 11.6. The maximum absolute atomic E-state index is 12.1. The molecule has 0 saturated heterocycles. The summed E-state index contributed by atoms with van der Waals surface area (Å²) in [4.78, 5) is 16.2. The average Bonchev–Trinajstić information content (AvgIpc) is 3.07. The van der Waals surface area contributed by atoms with E-state index < -0.39 is 0 Å². The van der Waals surface area contributed by atoms with Gasteiger partial charge >= 0.3 is 0 Å². The Kier molecular flexibility index (Phi) is 8.94. The van der Waals surface area contributed by atoms with Crippen molar-refractivity contribution in [3.63, 3.8) is 0 Å². The summed E-state index contributed by atoms with van der Waals surface area (Å²) >= 11 is 0. The second kappa shape index (κ2) is 10.7. The molecule has 0 bridgehead atoms. The molecule has 7 nitrogen and oxygen atoms in total. The van der Waals surface area contributed by atoms with Crippen LogP contribution in [-0.4, -0.2) is 35.2 Å². The SMILES string of the molecule is CCN[C@H](C)CNC(=O)c1ccc(OCc2noc(CC)n2)cc1.Cl. The van der Waals surface area contributed by atoms with E-state index in [1.807, 2.05) is 20.8 Å². The molecular weight excluding hydrogens is 344 g/mol. The molecule has 2 aromatic rings. The van der Waals surface area contributed by atoms with Crippen LogP contribution >= 0.6 is 12.4 Å². The van der Waals surface area contributed by atoms with Crippen LogP contribution in [0.4, 0.5) is 0 Å². The van der Waals surface area contributed by atoms with Crippen LogP contribution in [0.5, 0.6) is 5.75 Å². The monoisotopic (exact) mass is 368 g/mol. The van der Waals surface area contributed by atoms with Crippen LogP contribution in [0.15, 0.2) is 28.8 Å². The van der Waals surface area contributed by atoms with E-state index >= 15 is 0 Å². The lowest BCUT2D eigenvalue weighted by molar-refractivity contribution is 0.0950. The minimum absolute atomic E-state index is 0. The number of carbonyl (C=O) groups is 1. The Balaban J connectivity index is 0.00000312. The molecule has 1 atom stereocenters. The van der Waals surface area contributed by atoms with E-state index in [1.165, 1.54) is 0 Å². The van der Waals surface area contributed by atoms with Gasteiger partial charge < -0.3 is 19.9 Å². The summed E-state index contributed by atoms with van der Waals surface area (Å²) in [6.07, 6.45) is 0.698. The number of nitrogens with zero attached hydrogens (tertiary/aromatic N) is 2. The van der Waals surface area contributed by atoms with Crippen LogP contribution in [0.3, 0.4) is 0 Å². The van der Waals surface area contributed by atoms with E-state index in [0.29, 0.717) is 36.0 Å². The van der Waals surface area contributed by atoms with Crippen molar-refractivity contribution in [2.75, 3.05) is 13.1 Å². The fourth-order valence-corrected chi connectivity index (χ4v) is 2.11. The number of rotatable bonds is 9. The first-order valence-corrected chi connectivity index (χ1v) is 8.18. The smallest absolute Gasteiger partial charge is 0.251 e. The third-order valence-corrected chi connectivity index (χ3v) is 3.42. The van der Waals surface area contributed by atoms with Crippen molar-refractivity contribution in [2.45, 2.75) is 39.8 Å². The van der Waals surface area contributed by atoms with Crippen molar-refractivity contribution < 1.29 is 14.1 Å². The van der Waals surface area contributed by atoms with Crippen molar-refractivity contribution >= 4 is 18.3 Å². The summed E-state index contributed by atoms with van der Waals surface area (Å²) in [5.74, 6) is 1.64. The van der Waals surface area contributed by atoms with Crippen LogP contribution < -0.4 is 15.4 Å². The summed E-state index contributed by atoms with van der Waals surface area (Å²) < 4.78 is 10.6. The highest BCUT2D eigenvalue weighted by molar-refractivity contribution is 5.94. The number of hydrogen-bond acceptors (Lipinski definition) is 6. The highest BCUT2D eigenvalue weighted by atomic mass is 35.5. The molecule has 0 fully saturated rings.